The molecule has 2 N–H and O–H groups in total. The standard InChI is InChI=1S/C16H19N5O2.ClH/c22-15-5-8-20(16(23)18-15)13-2-1-11-10-21(19-14(11)9-13)12-3-6-17-7-4-12;/h1-2,9-10,12,17H,3-8H2,(H,18,22,23);1H. The van der Waals surface area contributed by atoms with E-state index in [2.05, 4.69) is 21.5 Å². The van der Waals surface area contributed by atoms with Crippen LogP contribution in [0, 0.1) is 0 Å². The highest BCUT2D eigenvalue weighted by molar-refractivity contribution is 6.06. The van der Waals surface area contributed by atoms with Crippen LogP contribution in [0.25, 0.3) is 10.9 Å². The van der Waals surface area contributed by atoms with E-state index >= 15 is 0 Å². The van der Waals surface area contributed by atoms with Crippen molar-refractivity contribution in [1.82, 2.24) is 20.4 Å². The van der Waals surface area contributed by atoms with Gasteiger partial charge < -0.3 is 5.32 Å². The summed E-state index contributed by atoms with van der Waals surface area (Å²) in [5.41, 5.74) is 1.66. The lowest BCUT2D eigenvalue weighted by Gasteiger charge is -2.26. The number of carbonyl (C=O) groups excluding carboxylic acids is 2. The average molecular weight is 350 g/mol. The maximum Gasteiger partial charge on any atom is 0.328 e. The van der Waals surface area contributed by atoms with Gasteiger partial charge in [0.15, 0.2) is 0 Å². The summed E-state index contributed by atoms with van der Waals surface area (Å²) in [4.78, 5) is 24.8. The molecule has 7 nitrogen and oxygen atoms in total. The van der Waals surface area contributed by atoms with Gasteiger partial charge in [0.05, 0.1) is 11.6 Å². The van der Waals surface area contributed by atoms with Gasteiger partial charge >= 0.3 is 6.03 Å². The minimum Gasteiger partial charge on any atom is -0.317 e. The number of nitrogens with one attached hydrogen (secondary N) is 2. The number of hydrogen-bond acceptors (Lipinski definition) is 4. The quantitative estimate of drug-likeness (QED) is 0.867. The smallest absolute Gasteiger partial charge is 0.317 e. The summed E-state index contributed by atoms with van der Waals surface area (Å²) in [5, 5.41) is 11.5. The summed E-state index contributed by atoms with van der Waals surface area (Å²) in [6.45, 7) is 2.45. The summed E-state index contributed by atoms with van der Waals surface area (Å²) in [7, 11) is 0. The molecular formula is C16H20ClN5O2. The first-order chi connectivity index (χ1) is 11.2. The van der Waals surface area contributed by atoms with Crippen LogP contribution in [0.4, 0.5) is 10.5 Å². The van der Waals surface area contributed by atoms with Crippen LogP contribution in [-0.4, -0.2) is 41.4 Å². The Balaban J connectivity index is 0.00000169. The Hall–Kier alpha value is -2.12. The number of urea groups is 1. The number of halogens is 1. The first-order valence-electron chi connectivity index (χ1n) is 8.02. The molecule has 2 fully saturated rings. The van der Waals surface area contributed by atoms with Crippen LogP contribution < -0.4 is 15.5 Å². The van der Waals surface area contributed by atoms with Crippen molar-refractivity contribution in [2.24, 2.45) is 0 Å². The van der Waals surface area contributed by atoms with Gasteiger partial charge in [0, 0.05) is 30.2 Å². The zero-order chi connectivity index (χ0) is 15.8. The number of anilines is 1. The predicted molar refractivity (Wildman–Crippen MR) is 93.6 cm³/mol. The second-order valence-corrected chi connectivity index (χ2v) is 6.09. The average Bonchev–Trinajstić information content (AvgIpc) is 2.99. The molecule has 2 aromatic rings. The van der Waals surface area contributed by atoms with Crippen LogP contribution >= 0.6 is 12.4 Å². The molecule has 0 radical (unpaired) electrons. The number of rotatable bonds is 2. The molecule has 1 aromatic heterocycles. The number of carbonyl (C=O) groups is 2. The van der Waals surface area contributed by atoms with Crippen LogP contribution in [0.15, 0.2) is 24.4 Å². The molecule has 2 saturated heterocycles. The summed E-state index contributed by atoms with van der Waals surface area (Å²) in [6, 6.07) is 5.88. The van der Waals surface area contributed by atoms with Crippen LogP contribution in [0.1, 0.15) is 25.3 Å². The highest BCUT2D eigenvalue weighted by atomic mass is 35.5. The normalized spacial score (nSPS) is 19.2. The molecule has 1 aromatic carbocycles. The lowest BCUT2D eigenvalue weighted by Crippen LogP contribution is -2.49. The van der Waals surface area contributed by atoms with E-state index in [1.807, 2.05) is 18.2 Å². The van der Waals surface area contributed by atoms with Crippen LogP contribution in [-0.2, 0) is 4.79 Å². The summed E-state index contributed by atoms with van der Waals surface area (Å²) < 4.78 is 2.05. The van der Waals surface area contributed by atoms with E-state index < -0.39 is 0 Å². The molecule has 4 rings (SSSR count). The van der Waals surface area contributed by atoms with Gasteiger partial charge in [-0.3, -0.25) is 19.7 Å². The Morgan fingerprint density at radius 3 is 2.71 bits per heavy atom. The van der Waals surface area contributed by atoms with Crippen molar-refractivity contribution < 1.29 is 9.59 Å². The van der Waals surface area contributed by atoms with Crippen molar-refractivity contribution in [3.63, 3.8) is 0 Å². The van der Waals surface area contributed by atoms with Gasteiger partial charge in [-0.2, -0.15) is 5.10 Å². The van der Waals surface area contributed by atoms with Crippen LogP contribution in [0.5, 0.6) is 0 Å². The first-order valence-corrected chi connectivity index (χ1v) is 8.02. The van der Waals surface area contributed by atoms with Crippen molar-refractivity contribution in [3.8, 4) is 0 Å². The highest BCUT2D eigenvalue weighted by Gasteiger charge is 2.24. The highest BCUT2D eigenvalue weighted by Crippen LogP contribution is 2.25. The molecule has 0 spiro atoms. The molecular weight excluding hydrogens is 330 g/mol. The fraction of sp³-hybridized carbons (Fsp3) is 0.438. The van der Waals surface area contributed by atoms with E-state index in [9.17, 15) is 9.59 Å². The van der Waals surface area contributed by atoms with Crippen molar-refractivity contribution in [2.75, 3.05) is 24.5 Å². The predicted octanol–water partition coefficient (Wildman–Crippen LogP) is 1.83. The Bertz CT molecular complexity index is 769. The maximum absolute atomic E-state index is 12.0. The van der Waals surface area contributed by atoms with Gasteiger partial charge in [0.2, 0.25) is 5.91 Å². The van der Waals surface area contributed by atoms with Crippen molar-refractivity contribution in [2.45, 2.75) is 25.3 Å². The number of nitrogens with zero attached hydrogens (tertiary/aromatic N) is 3. The number of hydrogen-bond donors (Lipinski definition) is 2. The van der Waals surface area contributed by atoms with Gasteiger partial charge in [0.1, 0.15) is 0 Å². The number of amides is 3. The molecule has 8 heteroatoms. The van der Waals surface area contributed by atoms with Crippen molar-refractivity contribution in [3.05, 3.63) is 24.4 Å². The molecule has 3 heterocycles. The Morgan fingerprint density at radius 2 is 1.96 bits per heavy atom. The topological polar surface area (TPSA) is 79.3 Å². The Morgan fingerprint density at radius 1 is 1.17 bits per heavy atom. The summed E-state index contributed by atoms with van der Waals surface area (Å²) in [6.07, 6.45) is 4.57. The van der Waals surface area contributed by atoms with Crippen molar-refractivity contribution in [1.29, 1.82) is 0 Å². The van der Waals surface area contributed by atoms with Crippen LogP contribution in [0.2, 0.25) is 0 Å². The molecule has 0 unspecified atom stereocenters. The second kappa shape index (κ2) is 6.78. The van der Waals surface area contributed by atoms with E-state index in [1.165, 1.54) is 0 Å². The fourth-order valence-corrected chi connectivity index (χ4v) is 3.26. The molecule has 128 valence electrons. The third-order valence-electron chi connectivity index (χ3n) is 4.56. The van der Waals surface area contributed by atoms with E-state index in [-0.39, 0.29) is 24.3 Å². The SMILES string of the molecule is Cl.O=C1CCN(c2ccc3cn(C4CCNCC4)nc3c2)C(=O)N1. The van der Waals surface area contributed by atoms with Gasteiger partial charge in [-0.1, -0.05) is 0 Å². The number of benzene rings is 1. The maximum atomic E-state index is 12.0. The monoisotopic (exact) mass is 349 g/mol. The second-order valence-electron chi connectivity index (χ2n) is 6.09. The van der Waals surface area contributed by atoms with Crippen molar-refractivity contribution >= 4 is 40.9 Å². The van der Waals surface area contributed by atoms with Gasteiger partial charge in [-0.15, -0.1) is 12.4 Å². The minimum atomic E-state index is -0.363. The zero-order valence-corrected chi connectivity index (χ0v) is 14.0. The molecule has 0 aliphatic carbocycles. The number of fused-ring (bicyclic) bond motifs is 1. The molecule has 3 amide bonds. The third-order valence-corrected chi connectivity index (χ3v) is 4.56. The third kappa shape index (κ3) is 3.09. The van der Waals surface area contributed by atoms with E-state index in [4.69, 9.17) is 5.10 Å². The van der Waals surface area contributed by atoms with Gasteiger partial charge in [-0.05, 0) is 44.1 Å². The summed E-state index contributed by atoms with van der Waals surface area (Å²) in [5.74, 6) is -0.220. The minimum absolute atomic E-state index is 0. The number of imide groups is 1. The molecule has 24 heavy (non-hydrogen) atoms. The molecule has 0 atom stereocenters. The fourth-order valence-electron chi connectivity index (χ4n) is 3.26. The van der Waals surface area contributed by atoms with E-state index in [1.54, 1.807) is 4.90 Å². The Kier molecular flexibility index (Phi) is 4.73. The number of piperidine rings is 1. The molecule has 0 bridgehead atoms. The molecule has 2 aliphatic rings. The first kappa shape index (κ1) is 16.7. The van der Waals surface area contributed by atoms with Gasteiger partial charge in [0.25, 0.3) is 0 Å². The largest absolute Gasteiger partial charge is 0.328 e. The van der Waals surface area contributed by atoms with E-state index in [0.29, 0.717) is 19.0 Å². The lowest BCUT2D eigenvalue weighted by atomic mass is 10.1. The zero-order valence-electron chi connectivity index (χ0n) is 13.2. The van der Waals surface area contributed by atoms with Crippen LogP contribution in [0.3, 0.4) is 0 Å². The molecule has 0 saturated carbocycles. The molecule has 2 aliphatic heterocycles. The summed E-state index contributed by atoms with van der Waals surface area (Å²) >= 11 is 0. The number of aromatic nitrogens is 2. The lowest BCUT2D eigenvalue weighted by molar-refractivity contribution is -0.120. The Labute approximate surface area is 145 Å². The van der Waals surface area contributed by atoms with E-state index in [0.717, 1.165) is 42.5 Å². The van der Waals surface area contributed by atoms with Gasteiger partial charge in [-0.25, -0.2) is 4.79 Å².